The van der Waals surface area contributed by atoms with E-state index in [9.17, 15) is 0 Å². The smallest absolute Gasteiger partial charge is 0.119 e. The highest BCUT2D eigenvalue weighted by atomic mass is 16.5. The topological polar surface area (TPSA) is 53.7 Å². The third-order valence-corrected chi connectivity index (χ3v) is 2.41. The lowest BCUT2D eigenvalue weighted by atomic mass is 10.2. The lowest BCUT2D eigenvalue weighted by Gasteiger charge is -2.08. The van der Waals surface area contributed by atoms with Crippen molar-refractivity contribution in [1.82, 2.24) is 0 Å². The normalized spacial score (nSPS) is 10.6. The van der Waals surface area contributed by atoms with Gasteiger partial charge in [-0.15, -0.1) is 0 Å². The second kappa shape index (κ2) is 9.88. The minimum Gasteiger partial charge on any atom is -0.493 e. The van der Waals surface area contributed by atoms with Crippen LogP contribution in [-0.4, -0.2) is 33.0 Å². The van der Waals surface area contributed by atoms with Gasteiger partial charge in [-0.25, -0.2) is 0 Å². The van der Waals surface area contributed by atoms with Crippen LogP contribution in [0.4, 0.5) is 0 Å². The van der Waals surface area contributed by atoms with Crippen LogP contribution in [0.1, 0.15) is 18.9 Å². The minimum atomic E-state index is 0.539. The Morgan fingerprint density at radius 2 is 1.89 bits per heavy atom. The van der Waals surface area contributed by atoms with Crippen LogP contribution in [0.2, 0.25) is 0 Å². The van der Waals surface area contributed by atoms with Gasteiger partial charge in [0.15, 0.2) is 0 Å². The number of ether oxygens (including phenoxy) is 3. The van der Waals surface area contributed by atoms with Crippen molar-refractivity contribution in [2.24, 2.45) is 5.73 Å². The summed E-state index contributed by atoms with van der Waals surface area (Å²) in [6.45, 7) is 5.92. The van der Waals surface area contributed by atoms with E-state index in [2.05, 4.69) is 0 Å². The van der Waals surface area contributed by atoms with Gasteiger partial charge in [-0.2, -0.15) is 0 Å². The summed E-state index contributed by atoms with van der Waals surface area (Å²) < 4.78 is 16.2. The Labute approximate surface area is 109 Å². The van der Waals surface area contributed by atoms with Gasteiger partial charge in [0, 0.05) is 26.2 Å². The van der Waals surface area contributed by atoms with Crippen molar-refractivity contribution in [3.63, 3.8) is 0 Å². The first kappa shape index (κ1) is 15.0. The summed E-state index contributed by atoms with van der Waals surface area (Å²) in [6.07, 6.45) is 0.874. The zero-order valence-corrected chi connectivity index (χ0v) is 11.1. The molecule has 2 N–H and O–H groups in total. The van der Waals surface area contributed by atoms with Gasteiger partial charge in [-0.05, 0) is 24.6 Å². The Balaban J connectivity index is 2.03. The fourth-order valence-electron chi connectivity index (χ4n) is 1.48. The zero-order chi connectivity index (χ0) is 13.1. The summed E-state index contributed by atoms with van der Waals surface area (Å²) in [6, 6.07) is 7.85. The predicted molar refractivity (Wildman–Crippen MR) is 71.8 cm³/mol. The summed E-state index contributed by atoms with van der Waals surface area (Å²) in [5, 5.41) is 0. The Kier molecular flexibility index (Phi) is 8.21. The maximum atomic E-state index is 5.61. The van der Waals surface area contributed by atoms with Crippen molar-refractivity contribution >= 4 is 0 Å². The lowest BCUT2D eigenvalue weighted by molar-refractivity contribution is 0.0482. The second-order valence-corrected chi connectivity index (χ2v) is 3.86. The molecular formula is C14H23NO3. The maximum absolute atomic E-state index is 5.61. The number of benzene rings is 1. The van der Waals surface area contributed by atoms with Crippen molar-refractivity contribution in [1.29, 1.82) is 0 Å². The van der Waals surface area contributed by atoms with Gasteiger partial charge in [0.2, 0.25) is 0 Å². The first-order chi connectivity index (χ1) is 8.86. The van der Waals surface area contributed by atoms with Crippen LogP contribution in [0.5, 0.6) is 5.75 Å². The van der Waals surface area contributed by atoms with E-state index < -0.39 is 0 Å². The highest BCUT2D eigenvalue weighted by molar-refractivity contribution is 5.28. The fourth-order valence-corrected chi connectivity index (χ4v) is 1.48. The van der Waals surface area contributed by atoms with Crippen molar-refractivity contribution < 1.29 is 14.2 Å². The Morgan fingerprint density at radius 3 is 2.67 bits per heavy atom. The van der Waals surface area contributed by atoms with Gasteiger partial charge in [0.25, 0.3) is 0 Å². The highest BCUT2D eigenvalue weighted by Crippen LogP contribution is 2.12. The largest absolute Gasteiger partial charge is 0.493 e. The SMILES string of the molecule is CCOCCOCCCOc1cccc(CN)c1. The molecule has 1 rings (SSSR count). The van der Waals surface area contributed by atoms with Crippen LogP contribution in [-0.2, 0) is 16.0 Å². The predicted octanol–water partition coefficient (Wildman–Crippen LogP) is 1.97. The molecule has 0 heterocycles. The van der Waals surface area contributed by atoms with Crippen LogP contribution in [0.25, 0.3) is 0 Å². The first-order valence-corrected chi connectivity index (χ1v) is 6.44. The Bertz CT molecular complexity index is 318. The van der Waals surface area contributed by atoms with E-state index in [1.807, 2.05) is 31.2 Å². The standard InChI is InChI=1S/C14H23NO3/c1-2-16-9-10-17-7-4-8-18-14-6-3-5-13(11-14)12-15/h3,5-6,11H,2,4,7-10,12,15H2,1H3. The van der Waals surface area contributed by atoms with Crippen LogP contribution < -0.4 is 10.5 Å². The Hall–Kier alpha value is -1.10. The minimum absolute atomic E-state index is 0.539. The summed E-state index contributed by atoms with van der Waals surface area (Å²) in [5.74, 6) is 0.868. The van der Waals surface area contributed by atoms with Crippen LogP contribution in [0.15, 0.2) is 24.3 Å². The summed E-state index contributed by atoms with van der Waals surface area (Å²) in [4.78, 5) is 0. The van der Waals surface area contributed by atoms with Gasteiger partial charge in [0.05, 0.1) is 19.8 Å². The number of rotatable bonds is 10. The monoisotopic (exact) mass is 253 g/mol. The van der Waals surface area contributed by atoms with Gasteiger partial charge in [-0.1, -0.05) is 12.1 Å². The van der Waals surface area contributed by atoms with E-state index in [0.717, 1.165) is 24.3 Å². The van der Waals surface area contributed by atoms with Crippen LogP contribution in [0.3, 0.4) is 0 Å². The van der Waals surface area contributed by atoms with Gasteiger partial charge in [-0.3, -0.25) is 0 Å². The molecule has 0 amide bonds. The molecule has 4 nitrogen and oxygen atoms in total. The lowest BCUT2D eigenvalue weighted by Crippen LogP contribution is -2.08. The van der Waals surface area contributed by atoms with Gasteiger partial charge in [0.1, 0.15) is 5.75 Å². The summed E-state index contributed by atoms with van der Waals surface area (Å²) >= 11 is 0. The molecule has 1 aromatic rings. The third kappa shape index (κ3) is 6.59. The van der Waals surface area contributed by atoms with Gasteiger partial charge >= 0.3 is 0 Å². The molecule has 0 aliphatic rings. The molecule has 18 heavy (non-hydrogen) atoms. The quantitative estimate of drug-likeness (QED) is 0.648. The highest BCUT2D eigenvalue weighted by Gasteiger charge is 1.96. The van der Waals surface area contributed by atoms with E-state index in [0.29, 0.717) is 33.0 Å². The number of hydrogen-bond donors (Lipinski definition) is 1. The zero-order valence-electron chi connectivity index (χ0n) is 11.1. The summed E-state index contributed by atoms with van der Waals surface area (Å²) in [5.41, 5.74) is 6.65. The van der Waals surface area contributed by atoms with E-state index in [4.69, 9.17) is 19.9 Å². The van der Waals surface area contributed by atoms with E-state index in [-0.39, 0.29) is 0 Å². The number of hydrogen-bond acceptors (Lipinski definition) is 4. The van der Waals surface area contributed by atoms with Crippen LogP contribution in [0, 0.1) is 0 Å². The van der Waals surface area contributed by atoms with Crippen molar-refractivity contribution in [3.05, 3.63) is 29.8 Å². The van der Waals surface area contributed by atoms with Crippen molar-refractivity contribution in [2.75, 3.05) is 33.0 Å². The molecule has 0 saturated heterocycles. The molecule has 0 spiro atoms. The molecule has 4 heteroatoms. The van der Waals surface area contributed by atoms with Crippen molar-refractivity contribution in [2.45, 2.75) is 19.9 Å². The van der Waals surface area contributed by atoms with E-state index in [1.54, 1.807) is 0 Å². The molecule has 0 fully saturated rings. The van der Waals surface area contributed by atoms with E-state index in [1.165, 1.54) is 0 Å². The third-order valence-electron chi connectivity index (χ3n) is 2.41. The molecule has 0 bridgehead atoms. The number of nitrogens with two attached hydrogens (primary N) is 1. The molecular weight excluding hydrogens is 230 g/mol. The molecule has 0 aromatic heterocycles. The molecule has 0 radical (unpaired) electrons. The molecule has 0 aliphatic heterocycles. The van der Waals surface area contributed by atoms with Gasteiger partial charge < -0.3 is 19.9 Å². The molecule has 1 aromatic carbocycles. The Morgan fingerprint density at radius 1 is 1.06 bits per heavy atom. The van der Waals surface area contributed by atoms with Crippen LogP contribution >= 0.6 is 0 Å². The second-order valence-electron chi connectivity index (χ2n) is 3.86. The first-order valence-electron chi connectivity index (χ1n) is 6.44. The maximum Gasteiger partial charge on any atom is 0.119 e. The molecule has 0 atom stereocenters. The molecule has 0 aliphatic carbocycles. The average Bonchev–Trinajstić information content (AvgIpc) is 2.42. The van der Waals surface area contributed by atoms with E-state index >= 15 is 0 Å². The summed E-state index contributed by atoms with van der Waals surface area (Å²) in [7, 11) is 0. The van der Waals surface area contributed by atoms with Crippen molar-refractivity contribution in [3.8, 4) is 5.75 Å². The fraction of sp³-hybridized carbons (Fsp3) is 0.571. The molecule has 102 valence electrons. The molecule has 0 saturated carbocycles. The average molecular weight is 253 g/mol. The molecule has 0 unspecified atom stereocenters.